The van der Waals surface area contributed by atoms with Gasteiger partial charge in [0.05, 0.1) is 5.69 Å². The normalized spacial score (nSPS) is 11.9. The fraction of sp³-hybridized carbons (Fsp3) is 0.278. The highest BCUT2D eigenvalue weighted by Gasteiger charge is 2.16. The number of ether oxygens (including phenoxy) is 1. The number of benzene rings is 2. The van der Waals surface area contributed by atoms with Gasteiger partial charge in [0.1, 0.15) is 5.75 Å². The zero-order chi connectivity index (χ0) is 17.0. The van der Waals surface area contributed by atoms with Crippen LogP contribution in [0.15, 0.2) is 40.9 Å². The van der Waals surface area contributed by atoms with Crippen molar-refractivity contribution >= 4 is 39.1 Å². The van der Waals surface area contributed by atoms with Gasteiger partial charge in [-0.15, -0.1) is 0 Å². The van der Waals surface area contributed by atoms with Gasteiger partial charge in [0, 0.05) is 9.50 Å². The monoisotopic (exact) mass is 395 g/mol. The number of rotatable bonds is 5. The van der Waals surface area contributed by atoms with Crippen LogP contribution in [0.4, 0.5) is 5.69 Å². The Balaban J connectivity index is 2.03. The molecule has 23 heavy (non-hydrogen) atoms. The number of hydrogen-bond donors (Lipinski definition) is 1. The Labute approximate surface area is 150 Å². The summed E-state index contributed by atoms with van der Waals surface area (Å²) in [6.45, 7) is 5.70. The van der Waals surface area contributed by atoms with Gasteiger partial charge in [-0.3, -0.25) is 4.79 Å². The minimum Gasteiger partial charge on any atom is -0.481 e. The molecule has 0 aliphatic carbocycles. The first-order valence-electron chi connectivity index (χ1n) is 7.42. The van der Waals surface area contributed by atoms with Gasteiger partial charge in [-0.2, -0.15) is 0 Å². The lowest BCUT2D eigenvalue weighted by atomic mass is 10.1. The van der Waals surface area contributed by atoms with E-state index in [2.05, 4.69) is 28.2 Å². The zero-order valence-corrected chi connectivity index (χ0v) is 15.7. The SMILES string of the molecule is CCc1ccc(NC(=O)C(C)Oc2ccc(Cl)c(C)c2)c(Br)c1. The van der Waals surface area contributed by atoms with Gasteiger partial charge >= 0.3 is 0 Å². The molecule has 2 rings (SSSR count). The van der Waals surface area contributed by atoms with Crippen LogP contribution in [-0.2, 0) is 11.2 Å². The third kappa shape index (κ3) is 4.72. The van der Waals surface area contributed by atoms with Gasteiger partial charge < -0.3 is 10.1 Å². The molecule has 0 heterocycles. The van der Waals surface area contributed by atoms with Crippen LogP contribution in [-0.4, -0.2) is 12.0 Å². The van der Waals surface area contributed by atoms with E-state index in [4.69, 9.17) is 16.3 Å². The molecule has 0 radical (unpaired) electrons. The summed E-state index contributed by atoms with van der Waals surface area (Å²) in [4.78, 5) is 12.3. The standard InChI is InChI=1S/C18H19BrClNO2/c1-4-13-5-8-17(15(19)10-13)21-18(22)12(3)23-14-6-7-16(20)11(2)9-14/h5-10,12H,4H2,1-3H3,(H,21,22). The molecule has 5 heteroatoms. The molecule has 0 aliphatic rings. The van der Waals surface area contributed by atoms with Crippen molar-refractivity contribution in [2.45, 2.75) is 33.3 Å². The second-order valence-corrected chi connectivity index (χ2v) is 6.59. The van der Waals surface area contributed by atoms with Gasteiger partial charge in [-0.05, 0) is 77.7 Å². The number of halogens is 2. The van der Waals surface area contributed by atoms with Crippen LogP contribution in [0.5, 0.6) is 5.75 Å². The first-order chi connectivity index (χ1) is 10.9. The quantitative estimate of drug-likeness (QED) is 0.737. The third-order valence-electron chi connectivity index (χ3n) is 3.51. The number of carbonyl (C=O) groups excluding carboxylic acids is 1. The summed E-state index contributed by atoms with van der Waals surface area (Å²) in [7, 11) is 0. The van der Waals surface area contributed by atoms with Crippen molar-refractivity contribution in [3.05, 3.63) is 57.0 Å². The minimum atomic E-state index is -0.617. The number of anilines is 1. The minimum absolute atomic E-state index is 0.206. The first-order valence-corrected chi connectivity index (χ1v) is 8.60. The molecule has 0 aromatic heterocycles. The van der Waals surface area contributed by atoms with Gasteiger partial charge in [-0.1, -0.05) is 24.6 Å². The molecule has 0 aliphatic heterocycles. The average molecular weight is 397 g/mol. The summed E-state index contributed by atoms with van der Waals surface area (Å²) < 4.78 is 6.54. The number of nitrogens with one attached hydrogen (secondary N) is 1. The fourth-order valence-corrected chi connectivity index (χ4v) is 2.71. The van der Waals surface area contributed by atoms with E-state index in [0.717, 1.165) is 22.1 Å². The summed E-state index contributed by atoms with van der Waals surface area (Å²) in [5, 5.41) is 3.55. The van der Waals surface area contributed by atoms with E-state index in [1.807, 2.05) is 31.2 Å². The molecule has 2 aromatic carbocycles. The molecule has 1 N–H and O–H groups in total. The van der Waals surface area contributed by atoms with Crippen molar-refractivity contribution in [3.63, 3.8) is 0 Å². The van der Waals surface area contributed by atoms with Crippen LogP contribution in [0, 0.1) is 6.92 Å². The second kappa shape index (κ2) is 7.84. The van der Waals surface area contributed by atoms with Gasteiger partial charge in [0.25, 0.3) is 5.91 Å². The summed E-state index contributed by atoms with van der Waals surface area (Å²) in [5.74, 6) is 0.414. The fourth-order valence-electron chi connectivity index (χ4n) is 2.06. The molecule has 0 bridgehead atoms. The number of hydrogen-bond acceptors (Lipinski definition) is 2. The highest BCUT2D eigenvalue weighted by Crippen LogP contribution is 2.25. The summed E-state index contributed by atoms with van der Waals surface area (Å²) >= 11 is 9.47. The highest BCUT2D eigenvalue weighted by atomic mass is 79.9. The molecule has 3 nitrogen and oxygen atoms in total. The average Bonchev–Trinajstić information content (AvgIpc) is 2.52. The molecule has 0 saturated carbocycles. The van der Waals surface area contributed by atoms with E-state index in [0.29, 0.717) is 10.8 Å². The lowest BCUT2D eigenvalue weighted by Gasteiger charge is -2.16. The molecule has 0 fully saturated rings. The molecule has 1 atom stereocenters. The topological polar surface area (TPSA) is 38.3 Å². The van der Waals surface area contributed by atoms with Crippen LogP contribution in [0.3, 0.4) is 0 Å². The van der Waals surface area contributed by atoms with Crippen molar-refractivity contribution in [2.75, 3.05) is 5.32 Å². The Hall–Kier alpha value is -1.52. The summed E-state index contributed by atoms with van der Waals surface area (Å²) in [6.07, 6.45) is 0.329. The Morgan fingerprint density at radius 2 is 2.04 bits per heavy atom. The molecular formula is C18H19BrClNO2. The Kier molecular flexibility index (Phi) is 6.08. The number of aryl methyl sites for hydroxylation is 2. The van der Waals surface area contributed by atoms with Crippen LogP contribution < -0.4 is 10.1 Å². The van der Waals surface area contributed by atoms with Gasteiger partial charge in [-0.25, -0.2) is 0 Å². The van der Waals surface area contributed by atoms with E-state index in [-0.39, 0.29) is 5.91 Å². The maximum atomic E-state index is 12.3. The lowest BCUT2D eigenvalue weighted by Crippen LogP contribution is -2.30. The van der Waals surface area contributed by atoms with Crippen molar-refractivity contribution in [1.82, 2.24) is 0 Å². The Morgan fingerprint density at radius 3 is 2.65 bits per heavy atom. The van der Waals surface area contributed by atoms with Gasteiger partial charge in [0.15, 0.2) is 6.10 Å². The lowest BCUT2D eigenvalue weighted by molar-refractivity contribution is -0.122. The third-order valence-corrected chi connectivity index (χ3v) is 4.59. The molecular weight excluding hydrogens is 378 g/mol. The molecule has 122 valence electrons. The zero-order valence-electron chi connectivity index (χ0n) is 13.3. The Morgan fingerprint density at radius 1 is 1.30 bits per heavy atom. The molecule has 2 aromatic rings. The van der Waals surface area contributed by atoms with E-state index in [1.165, 1.54) is 5.56 Å². The van der Waals surface area contributed by atoms with Crippen LogP contribution >= 0.6 is 27.5 Å². The molecule has 0 spiro atoms. The van der Waals surface area contributed by atoms with Crippen LogP contribution in [0.25, 0.3) is 0 Å². The number of carbonyl (C=O) groups is 1. The molecule has 0 saturated heterocycles. The van der Waals surface area contributed by atoms with E-state index >= 15 is 0 Å². The van der Waals surface area contributed by atoms with Crippen molar-refractivity contribution < 1.29 is 9.53 Å². The van der Waals surface area contributed by atoms with Crippen molar-refractivity contribution in [3.8, 4) is 5.75 Å². The predicted octanol–water partition coefficient (Wildman–Crippen LogP) is 5.38. The molecule has 1 amide bonds. The van der Waals surface area contributed by atoms with Gasteiger partial charge in [0.2, 0.25) is 0 Å². The largest absolute Gasteiger partial charge is 0.481 e. The highest BCUT2D eigenvalue weighted by molar-refractivity contribution is 9.10. The first kappa shape index (κ1) is 17.8. The van der Waals surface area contributed by atoms with E-state index in [9.17, 15) is 4.79 Å². The molecule has 1 unspecified atom stereocenters. The smallest absolute Gasteiger partial charge is 0.265 e. The van der Waals surface area contributed by atoms with E-state index < -0.39 is 6.10 Å². The maximum Gasteiger partial charge on any atom is 0.265 e. The predicted molar refractivity (Wildman–Crippen MR) is 98.4 cm³/mol. The van der Waals surface area contributed by atoms with Crippen molar-refractivity contribution in [1.29, 1.82) is 0 Å². The van der Waals surface area contributed by atoms with Crippen LogP contribution in [0.1, 0.15) is 25.0 Å². The number of amides is 1. The van der Waals surface area contributed by atoms with Crippen LogP contribution in [0.2, 0.25) is 5.02 Å². The Bertz CT molecular complexity index is 718. The van der Waals surface area contributed by atoms with E-state index in [1.54, 1.807) is 19.1 Å². The summed E-state index contributed by atoms with van der Waals surface area (Å²) in [6, 6.07) is 11.2. The maximum absolute atomic E-state index is 12.3. The summed E-state index contributed by atoms with van der Waals surface area (Å²) in [5.41, 5.74) is 2.85. The second-order valence-electron chi connectivity index (χ2n) is 5.33. The van der Waals surface area contributed by atoms with Crippen molar-refractivity contribution in [2.24, 2.45) is 0 Å².